The van der Waals surface area contributed by atoms with Crippen LogP contribution >= 0.6 is 0 Å². The van der Waals surface area contributed by atoms with Gasteiger partial charge in [-0.2, -0.15) is 0 Å². The van der Waals surface area contributed by atoms with Crippen LogP contribution in [0.25, 0.3) is 17.7 Å². The highest BCUT2D eigenvalue weighted by molar-refractivity contribution is 5.79. The van der Waals surface area contributed by atoms with Crippen LogP contribution in [0.4, 0.5) is 0 Å². The molecule has 0 aromatic heterocycles. The van der Waals surface area contributed by atoms with Crippen LogP contribution in [0.2, 0.25) is 0 Å². The van der Waals surface area contributed by atoms with Gasteiger partial charge in [-0.1, -0.05) is 74.7 Å². The van der Waals surface area contributed by atoms with Crippen LogP contribution < -0.4 is 0 Å². The van der Waals surface area contributed by atoms with Crippen molar-refractivity contribution < 1.29 is 0 Å². The van der Waals surface area contributed by atoms with Crippen LogP contribution in [0.1, 0.15) is 34.7 Å². The van der Waals surface area contributed by atoms with Crippen molar-refractivity contribution >= 4 is 17.7 Å². The van der Waals surface area contributed by atoms with Gasteiger partial charge in [0.05, 0.1) is 0 Å². The van der Waals surface area contributed by atoms with Crippen molar-refractivity contribution in [2.75, 3.05) is 0 Å². The van der Waals surface area contributed by atoms with Crippen molar-refractivity contribution in [2.24, 2.45) is 0 Å². The number of aryl methyl sites for hydroxylation is 2. The number of benzene rings is 2. The van der Waals surface area contributed by atoms with E-state index in [-0.39, 0.29) is 0 Å². The minimum Gasteiger partial charge on any atom is -0.0985 e. The lowest BCUT2D eigenvalue weighted by Gasteiger charge is -2.07. The Kier molecular flexibility index (Phi) is 4.94. The molecule has 0 heterocycles. The van der Waals surface area contributed by atoms with E-state index in [1.807, 2.05) is 6.08 Å². The molecular weight excluding hydrogens is 252 g/mol. The van der Waals surface area contributed by atoms with Gasteiger partial charge in [-0.05, 0) is 52.8 Å². The molecule has 0 aliphatic rings. The van der Waals surface area contributed by atoms with Crippen LogP contribution in [0.5, 0.6) is 0 Å². The molecule has 0 nitrogen and oxygen atoms in total. The van der Waals surface area contributed by atoms with E-state index in [4.69, 9.17) is 0 Å². The molecule has 0 amide bonds. The summed E-state index contributed by atoms with van der Waals surface area (Å²) >= 11 is 0. The molecule has 21 heavy (non-hydrogen) atoms. The second kappa shape index (κ2) is 6.90. The molecule has 0 N–H and O–H groups in total. The third-order valence-corrected chi connectivity index (χ3v) is 3.74. The fourth-order valence-corrected chi connectivity index (χ4v) is 2.41. The van der Waals surface area contributed by atoms with Crippen LogP contribution in [-0.4, -0.2) is 0 Å². The highest BCUT2D eigenvalue weighted by atomic mass is 14.1. The summed E-state index contributed by atoms with van der Waals surface area (Å²) in [5, 5.41) is 0. The van der Waals surface area contributed by atoms with Crippen molar-refractivity contribution in [1.29, 1.82) is 0 Å². The highest BCUT2D eigenvalue weighted by Gasteiger charge is 2.01. The Morgan fingerprint density at radius 1 is 1.14 bits per heavy atom. The van der Waals surface area contributed by atoms with Gasteiger partial charge in [0.15, 0.2) is 0 Å². The summed E-state index contributed by atoms with van der Waals surface area (Å²) < 4.78 is 0. The molecule has 0 aliphatic carbocycles. The van der Waals surface area contributed by atoms with Gasteiger partial charge >= 0.3 is 0 Å². The summed E-state index contributed by atoms with van der Waals surface area (Å²) in [6.45, 7) is 12.3. The molecule has 2 rings (SSSR count). The number of allylic oxidation sites excluding steroid dienone is 2. The molecule has 0 unspecified atom stereocenters. The van der Waals surface area contributed by atoms with Gasteiger partial charge in [-0.25, -0.2) is 0 Å². The first kappa shape index (κ1) is 15.1. The van der Waals surface area contributed by atoms with E-state index >= 15 is 0 Å². The molecule has 0 atom stereocenters. The van der Waals surface area contributed by atoms with E-state index < -0.39 is 0 Å². The Bertz CT molecular complexity index is 687. The van der Waals surface area contributed by atoms with Gasteiger partial charge in [0.1, 0.15) is 0 Å². The Balaban J connectivity index is 2.25. The van der Waals surface area contributed by atoms with Gasteiger partial charge < -0.3 is 0 Å². The van der Waals surface area contributed by atoms with Crippen molar-refractivity contribution in [3.8, 4) is 0 Å². The van der Waals surface area contributed by atoms with Gasteiger partial charge in [-0.3, -0.25) is 0 Å². The number of hydrogen-bond donors (Lipinski definition) is 0. The summed E-state index contributed by atoms with van der Waals surface area (Å²) in [7, 11) is 0. The second-order valence-corrected chi connectivity index (χ2v) is 5.19. The molecule has 0 saturated carbocycles. The smallest absolute Gasteiger partial charge is 0.0158 e. The van der Waals surface area contributed by atoms with Gasteiger partial charge in [0.2, 0.25) is 0 Å². The minimum absolute atomic E-state index is 1.02. The Morgan fingerprint density at radius 2 is 1.90 bits per heavy atom. The lowest BCUT2D eigenvalue weighted by atomic mass is 9.98. The molecule has 0 bridgehead atoms. The first-order valence-corrected chi connectivity index (χ1v) is 7.34. The Morgan fingerprint density at radius 3 is 2.62 bits per heavy atom. The first-order chi connectivity index (χ1) is 10.2. The van der Waals surface area contributed by atoms with E-state index in [2.05, 4.69) is 81.6 Å². The summed E-state index contributed by atoms with van der Waals surface area (Å²) in [5.74, 6) is 0. The number of rotatable bonds is 5. The lowest BCUT2D eigenvalue weighted by molar-refractivity contribution is 1.13. The van der Waals surface area contributed by atoms with Gasteiger partial charge in [0, 0.05) is 0 Å². The fourth-order valence-electron chi connectivity index (χ4n) is 2.41. The second-order valence-electron chi connectivity index (χ2n) is 5.19. The molecule has 0 fully saturated rings. The van der Waals surface area contributed by atoms with Gasteiger partial charge in [0.25, 0.3) is 0 Å². The predicted octanol–water partition coefficient (Wildman–Crippen LogP) is 5.93. The minimum atomic E-state index is 1.02. The van der Waals surface area contributed by atoms with Crippen LogP contribution in [-0.2, 0) is 6.42 Å². The largest absolute Gasteiger partial charge is 0.0985 e. The van der Waals surface area contributed by atoms with Crippen LogP contribution in [0.3, 0.4) is 0 Å². The van der Waals surface area contributed by atoms with Crippen molar-refractivity contribution in [3.63, 3.8) is 0 Å². The topological polar surface area (TPSA) is 0 Å². The first-order valence-electron chi connectivity index (χ1n) is 7.34. The van der Waals surface area contributed by atoms with E-state index in [0.717, 1.165) is 12.0 Å². The van der Waals surface area contributed by atoms with E-state index in [9.17, 15) is 0 Å². The van der Waals surface area contributed by atoms with E-state index in [1.54, 1.807) is 0 Å². The standard InChI is InChI=1S/C21H22/c1-5-19-9-7-8-10-21(19)17(4)12-14-18-13-11-16(3)20(6-2)15-18/h6-15H,2,4-5H2,1,3H3/b14-12+. The third kappa shape index (κ3) is 3.61. The fraction of sp³-hybridized carbons (Fsp3) is 0.143. The van der Waals surface area contributed by atoms with Crippen molar-refractivity contribution in [1.82, 2.24) is 0 Å². The van der Waals surface area contributed by atoms with Crippen molar-refractivity contribution in [3.05, 3.63) is 89.5 Å². The zero-order chi connectivity index (χ0) is 15.2. The number of hydrogen-bond acceptors (Lipinski definition) is 0. The molecule has 0 spiro atoms. The zero-order valence-corrected chi connectivity index (χ0v) is 12.9. The molecular formula is C21H22. The zero-order valence-electron chi connectivity index (χ0n) is 12.9. The Hall–Kier alpha value is -2.34. The van der Waals surface area contributed by atoms with E-state index in [0.29, 0.717) is 0 Å². The molecule has 2 aromatic carbocycles. The van der Waals surface area contributed by atoms with Gasteiger partial charge in [-0.15, -0.1) is 0 Å². The maximum atomic E-state index is 4.20. The van der Waals surface area contributed by atoms with E-state index in [1.165, 1.54) is 27.8 Å². The molecule has 0 radical (unpaired) electrons. The van der Waals surface area contributed by atoms with Crippen molar-refractivity contribution in [2.45, 2.75) is 20.3 Å². The molecule has 2 aromatic rings. The van der Waals surface area contributed by atoms with Crippen LogP contribution in [0.15, 0.2) is 61.7 Å². The maximum absolute atomic E-state index is 4.20. The van der Waals surface area contributed by atoms with Crippen LogP contribution in [0, 0.1) is 6.92 Å². The molecule has 0 heteroatoms. The average Bonchev–Trinajstić information content (AvgIpc) is 2.53. The quantitative estimate of drug-likeness (QED) is 0.593. The molecule has 0 aliphatic heterocycles. The third-order valence-electron chi connectivity index (χ3n) is 3.74. The SMILES string of the molecule is C=Cc1cc(/C=C/C(=C)c2ccccc2CC)ccc1C. The molecule has 0 saturated heterocycles. The lowest BCUT2D eigenvalue weighted by Crippen LogP contribution is -1.89. The normalized spacial score (nSPS) is 10.8. The Labute approximate surface area is 128 Å². The predicted molar refractivity (Wildman–Crippen MR) is 95.2 cm³/mol. The summed E-state index contributed by atoms with van der Waals surface area (Å²) in [6.07, 6.45) is 7.12. The summed E-state index contributed by atoms with van der Waals surface area (Å²) in [4.78, 5) is 0. The average molecular weight is 274 g/mol. The highest BCUT2D eigenvalue weighted by Crippen LogP contribution is 2.21. The summed E-state index contributed by atoms with van der Waals surface area (Å²) in [6, 6.07) is 14.8. The monoisotopic (exact) mass is 274 g/mol. The molecule has 106 valence electrons. The maximum Gasteiger partial charge on any atom is -0.0158 e. The summed E-state index contributed by atoms with van der Waals surface area (Å²) in [5.41, 5.74) is 7.21.